The lowest BCUT2D eigenvalue weighted by Gasteiger charge is -2.16. The quantitative estimate of drug-likeness (QED) is 0.635. The summed E-state index contributed by atoms with van der Waals surface area (Å²) in [5.41, 5.74) is 8.56. The molecule has 0 amide bonds. The number of rotatable bonds is 6. The maximum Gasteiger partial charge on any atom is 0.309 e. The van der Waals surface area contributed by atoms with E-state index < -0.39 is 5.92 Å². The maximum atomic E-state index is 11.8. The minimum atomic E-state index is -0.400. The van der Waals surface area contributed by atoms with E-state index in [1.54, 1.807) is 0 Å². The lowest BCUT2D eigenvalue weighted by atomic mass is 9.93. The zero-order valence-electron chi connectivity index (χ0n) is 12.1. The highest BCUT2D eigenvalue weighted by atomic mass is 16.5. The van der Waals surface area contributed by atoms with Gasteiger partial charge in [-0.05, 0) is 30.9 Å². The number of hydrogen-bond acceptors (Lipinski definition) is 5. The van der Waals surface area contributed by atoms with Crippen molar-refractivity contribution in [3.63, 3.8) is 0 Å². The summed E-state index contributed by atoms with van der Waals surface area (Å²) < 4.78 is 9.38. The van der Waals surface area contributed by atoms with E-state index in [1.165, 1.54) is 14.2 Å². The topological polar surface area (TPSA) is 78.6 Å². The lowest BCUT2D eigenvalue weighted by Crippen LogP contribution is -2.21. The Balaban J connectivity index is 2.81. The molecule has 0 heterocycles. The van der Waals surface area contributed by atoms with Gasteiger partial charge in [-0.2, -0.15) is 0 Å². The van der Waals surface area contributed by atoms with E-state index in [0.29, 0.717) is 18.5 Å². The molecule has 110 valence electrons. The molecule has 1 aromatic rings. The summed E-state index contributed by atoms with van der Waals surface area (Å²) >= 11 is 0. The van der Waals surface area contributed by atoms with Gasteiger partial charge in [-0.15, -0.1) is 0 Å². The number of para-hydroxylation sites is 1. The van der Waals surface area contributed by atoms with Gasteiger partial charge in [-0.25, -0.2) is 0 Å². The smallest absolute Gasteiger partial charge is 0.309 e. The van der Waals surface area contributed by atoms with Gasteiger partial charge in [0.15, 0.2) is 0 Å². The van der Waals surface area contributed by atoms with Gasteiger partial charge in [0.1, 0.15) is 0 Å². The standard InChI is InChI=1S/C15H21NO4/c1-10-5-4-6-11(14(10)16)9-12(15(18)20-3)7-8-13(17)19-2/h4-6,12H,7-9,16H2,1-3H3. The fraction of sp³-hybridized carbons (Fsp3) is 0.467. The third-order valence-corrected chi connectivity index (χ3v) is 3.34. The van der Waals surface area contributed by atoms with Crippen LogP contribution >= 0.6 is 0 Å². The fourth-order valence-corrected chi connectivity index (χ4v) is 2.05. The Morgan fingerprint density at radius 1 is 1.25 bits per heavy atom. The van der Waals surface area contributed by atoms with Crippen LogP contribution in [0.15, 0.2) is 18.2 Å². The van der Waals surface area contributed by atoms with Gasteiger partial charge in [-0.3, -0.25) is 9.59 Å². The molecular weight excluding hydrogens is 258 g/mol. The number of nitrogens with two attached hydrogens (primary N) is 1. The van der Waals surface area contributed by atoms with Crippen molar-refractivity contribution >= 4 is 17.6 Å². The highest BCUT2D eigenvalue weighted by molar-refractivity contribution is 5.75. The number of carbonyl (C=O) groups excluding carboxylic acids is 2. The number of methoxy groups -OCH3 is 2. The largest absolute Gasteiger partial charge is 0.469 e. The van der Waals surface area contributed by atoms with Gasteiger partial charge in [0.05, 0.1) is 20.1 Å². The minimum Gasteiger partial charge on any atom is -0.469 e. The molecule has 0 aliphatic rings. The van der Waals surface area contributed by atoms with Crippen LogP contribution in [-0.4, -0.2) is 26.2 Å². The highest BCUT2D eigenvalue weighted by Crippen LogP contribution is 2.23. The first kappa shape index (κ1) is 16.0. The molecule has 0 saturated heterocycles. The molecule has 0 radical (unpaired) electrons. The van der Waals surface area contributed by atoms with Crippen LogP contribution in [0.3, 0.4) is 0 Å². The summed E-state index contributed by atoms with van der Waals surface area (Å²) in [6.07, 6.45) is 1.02. The Morgan fingerprint density at radius 3 is 2.55 bits per heavy atom. The van der Waals surface area contributed by atoms with Crippen molar-refractivity contribution in [3.8, 4) is 0 Å². The Labute approximate surface area is 119 Å². The molecule has 1 aromatic carbocycles. The average Bonchev–Trinajstić information content (AvgIpc) is 2.46. The molecule has 0 bridgehead atoms. The van der Waals surface area contributed by atoms with Crippen LogP contribution in [-0.2, 0) is 25.5 Å². The van der Waals surface area contributed by atoms with Crippen LogP contribution in [0.4, 0.5) is 5.69 Å². The number of esters is 2. The van der Waals surface area contributed by atoms with E-state index in [-0.39, 0.29) is 18.4 Å². The Kier molecular flexibility index (Phi) is 6.03. The number of hydrogen-bond donors (Lipinski definition) is 1. The molecule has 1 unspecified atom stereocenters. The van der Waals surface area contributed by atoms with E-state index >= 15 is 0 Å². The molecule has 1 rings (SSSR count). The minimum absolute atomic E-state index is 0.183. The van der Waals surface area contributed by atoms with Gasteiger partial charge in [0.25, 0.3) is 0 Å². The van der Waals surface area contributed by atoms with Gasteiger partial charge in [0.2, 0.25) is 0 Å². The molecule has 5 heteroatoms. The predicted molar refractivity (Wildman–Crippen MR) is 76.1 cm³/mol. The SMILES string of the molecule is COC(=O)CCC(Cc1cccc(C)c1N)C(=O)OC. The van der Waals surface area contributed by atoms with Crippen LogP contribution in [0.2, 0.25) is 0 Å². The number of aryl methyl sites for hydroxylation is 1. The zero-order valence-corrected chi connectivity index (χ0v) is 12.1. The van der Waals surface area contributed by atoms with Gasteiger partial charge < -0.3 is 15.2 Å². The van der Waals surface area contributed by atoms with Crippen LogP contribution in [0.5, 0.6) is 0 Å². The molecule has 5 nitrogen and oxygen atoms in total. The second-order valence-corrected chi connectivity index (χ2v) is 4.69. The fourth-order valence-electron chi connectivity index (χ4n) is 2.05. The number of anilines is 1. The summed E-state index contributed by atoms with van der Waals surface area (Å²) in [4.78, 5) is 23.0. The van der Waals surface area contributed by atoms with Crippen LogP contribution in [0, 0.1) is 12.8 Å². The molecule has 0 fully saturated rings. The van der Waals surface area contributed by atoms with Crippen LogP contribution in [0.1, 0.15) is 24.0 Å². The molecule has 0 spiro atoms. The summed E-state index contributed by atoms with van der Waals surface area (Å²) in [7, 11) is 2.67. The van der Waals surface area contributed by atoms with E-state index in [0.717, 1.165) is 11.1 Å². The van der Waals surface area contributed by atoms with Crippen molar-refractivity contribution in [1.82, 2.24) is 0 Å². The molecule has 0 aromatic heterocycles. The van der Waals surface area contributed by atoms with Gasteiger partial charge in [0, 0.05) is 12.1 Å². The monoisotopic (exact) mass is 279 g/mol. The number of ether oxygens (including phenoxy) is 2. The Morgan fingerprint density at radius 2 is 1.95 bits per heavy atom. The van der Waals surface area contributed by atoms with Crippen molar-refractivity contribution in [2.75, 3.05) is 20.0 Å². The molecular formula is C15H21NO4. The van der Waals surface area contributed by atoms with E-state index in [2.05, 4.69) is 4.74 Å². The first-order valence-corrected chi connectivity index (χ1v) is 6.48. The lowest BCUT2D eigenvalue weighted by molar-refractivity contribution is -0.146. The third kappa shape index (κ3) is 4.26. The van der Waals surface area contributed by atoms with E-state index in [4.69, 9.17) is 10.5 Å². The molecule has 0 aliphatic carbocycles. The first-order chi connectivity index (χ1) is 9.49. The van der Waals surface area contributed by atoms with Gasteiger partial charge in [-0.1, -0.05) is 18.2 Å². The molecule has 0 aliphatic heterocycles. The molecule has 2 N–H and O–H groups in total. The number of nitrogen functional groups attached to an aromatic ring is 1. The van der Waals surface area contributed by atoms with E-state index in [1.807, 2.05) is 25.1 Å². The molecule has 20 heavy (non-hydrogen) atoms. The van der Waals surface area contributed by atoms with Crippen molar-refractivity contribution in [2.45, 2.75) is 26.2 Å². The summed E-state index contributed by atoms with van der Waals surface area (Å²) in [5, 5.41) is 0. The normalized spacial score (nSPS) is 11.8. The Hall–Kier alpha value is -2.04. The van der Waals surface area contributed by atoms with Crippen molar-refractivity contribution in [2.24, 2.45) is 5.92 Å². The molecule has 1 atom stereocenters. The number of carbonyl (C=O) groups is 2. The van der Waals surface area contributed by atoms with Crippen molar-refractivity contribution in [3.05, 3.63) is 29.3 Å². The highest BCUT2D eigenvalue weighted by Gasteiger charge is 2.22. The first-order valence-electron chi connectivity index (χ1n) is 6.48. The summed E-state index contributed by atoms with van der Waals surface area (Å²) in [6.45, 7) is 1.92. The summed E-state index contributed by atoms with van der Waals surface area (Å²) in [5.74, 6) is -1.07. The van der Waals surface area contributed by atoms with Gasteiger partial charge >= 0.3 is 11.9 Å². The summed E-state index contributed by atoms with van der Waals surface area (Å²) in [6, 6.07) is 5.70. The van der Waals surface area contributed by atoms with Crippen LogP contribution < -0.4 is 5.73 Å². The van der Waals surface area contributed by atoms with Crippen molar-refractivity contribution < 1.29 is 19.1 Å². The number of benzene rings is 1. The molecule has 0 saturated carbocycles. The maximum absolute atomic E-state index is 11.8. The third-order valence-electron chi connectivity index (χ3n) is 3.34. The Bertz CT molecular complexity index is 485. The second-order valence-electron chi connectivity index (χ2n) is 4.69. The second kappa shape index (κ2) is 7.53. The predicted octanol–water partition coefficient (Wildman–Crippen LogP) is 1.86. The average molecular weight is 279 g/mol. The van der Waals surface area contributed by atoms with Crippen molar-refractivity contribution in [1.29, 1.82) is 0 Å². The zero-order chi connectivity index (χ0) is 15.1. The van der Waals surface area contributed by atoms with E-state index in [9.17, 15) is 9.59 Å². The van der Waals surface area contributed by atoms with Crippen LogP contribution in [0.25, 0.3) is 0 Å².